The molecule has 4 rings (SSSR count). The van der Waals surface area contributed by atoms with Gasteiger partial charge >= 0.3 is 0 Å². The van der Waals surface area contributed by atoms with Crippen molar-refractivity contribution in [3.63, 3.8) is 0 Å². The zero-order valence-corrected chi connectivity index (χ0v) is 17.9. The molecule has 7 nitrogen and oxygen atoms in total. The minimum absolute atomic E-state index is 0.0119. The lowest BCUT2D eigenvalue weighted by atomic mass is 10.3. The lowest BCUT2D eigenvalue weighted by Gasteiger charge is -2.18. The van der Waals surface area contributed by atoms with Crippen molar-refractivity contribution in [1.82, 2.24) is 9.97 Å². The minimum atomic E-state index is -0.439. The van der Waals surface area contributed by atoms with Gasteiger partial charge in [0.05, 0.1) is 26.5 Å². The van der Waals surface area contributed by atoms with Crippen molar-refractivity contribution < 1.29 is 9.72 Å². The standard InChI is InChI=1S/C20H13ClN4O3S2/c1-12(26)24(15-4-2-3-13(21)9-15)20-22-14(11-29-20)5-8-19-23-17-10-16(25(27)28)6-7-18(17)30-19/h2-11H,1H3/b8-5+. The van der Waals surface area contributed by atoms with Gasteiger partial charge in [-0.3, -0.25) is 19.8 Å². The number of nitro groups is 1. The molecule has 0 N–H and O–H groups in total. The van der Waals surface area contributed by atoms with Crippen LogP contribution in [0.3, 0.4) is 0 Å². The third kappa shape index (κ3) is 4.23. The largest absolute Gasteiger partial charge is 0.274 e. The molecule has 150 valence electrons. The maximum absolute atomic E-state index is 12.2. The van der Waals surface area contributed by atoms with Crippen LogP contribution in [0, 0.1) is 10.1 Å². The van der Waals surface area contributed by atoms with Crippen LogP contribution in [-0.4, -0.2) is 20.8 Å². The van der Waals surface area contributed by atoms with Crippen LogP contribution in [0.5, 0.6) is 0 Å². The van der Waals surface area contributed by atoms with Crippen molar-refractivity contribution in [2.24, 2.45) is 0 Å². The molecule has 0 aliphatic heterocycles. The molecule has 2 aromatic carbocycles. The molecule has 30 heavy (non-hydrogen) atoms. The fourth-order valence-corrected chi connectivity index (χ4v) is 4.66. The van der Waals surface area contributed by atoms with E-state index in [0.29, 0.717) is 32.1 Å². The summed E-state index contributed by atoms with van der Waals surface area (Å²) in [5.74, 6) is -0.171. The molecule has 0 bridgehead atoms. The lowest BCUT2D eigenvalue weighted by molar-refractivity contribution is -0.384. The Morgan fingerprint density at radius 1 is 1.20 bits per heavy atom. The number of thiazole rings is 2. The molecular weight excluding hydrogens is 444 g/mol. The molecule has 10 heteroatoms. The first kappa shape index (κ1) is 20.1. The van der Waals surface area contributed by atoms with E-state index in [9.17, 15) is 14.9 Å². The molecule has 0 saturated carbocycles. The number of rotatable bonds is 5. The predicted molar refractivity (Wildman–Crippen MR) is 122 cm³/mol. The Bertz CT molecular complexity index is 1300. The number of anilines is 2. The zero-order valence-electron chi connectivity index (χ0n) is 15.5. The van der Waals surface area contributed by atoms with Crippen molar-refractivity contribution in [3.8, 4) is 0 Å². The Morgan fingerprint density at radius 3 is 2.77 bits per heavy atom. The van der Waals surface area contributed by atoms with Gasteiger partial charge in [-0.2, -0.15) is 0 Å². The summed E-state index contributed by atoms with van der Waals surface area (Å²) >= 11 is 8.82. The number of nitrogens with zero attached hydrogens (tertiary/aromatic N) is 4. The molecule has 0 spiro atoms. The van der Waals surface area contributed by atoms with E-state index in [0.717, 1.165) is 4.70 Å². The normalized spacial score (nSPS) is 11.3. The van der Waals surface area contributed by atoms with Gasteiger partial charge in [0.25, 0.3) is 5.69 Å². The number of carbonyl (C=O) groups excluding carboxylic acids is 1. The Labute approximate surface area is 184 Å². The van der Waals surface area contributed by atoms with E-state index in [4.69, 9.17) is 11.6 Å². The Kier molecular flexibility index (Phi) is 5.58. The number of benzene rings is 2. The van der Waals surface area contributed by atoms with Crippen molar-refractivity contribution in [2.75, 3.05) is 4.90 Å². The van der Waals surface area contributed by atoms with E-state index in [-0.39, 0.29) is 11.6 Å². The van der Waals surface area contributed by atoms with Crippen molar-refractivity contribution in [1.29, 1.82) is 0 Å². The molecule has 0 radical (unpaired) electrons. The first-order valence-electron chi connectivity index (χ1n) is 8.65. The highest BCUT2D eigenvalue weighted by Crippen LogP contribution is 2.31. The second kappa shape index (κ2) is 8.31. The summed E-state index contributed by atoms with van der Waals surface area (Å²) in [4.78, 5) is 33.1. The number of aromatic nitrogens is 2. The Hall–Kier alpha value is -3.14. The van der Waals surface area contributed by atoms with Gasteiger partial charge in [0, 0.05) is 29.5 Å². The van der Waals surface area contributed by atoms with Gasteiger partial charge < -0.3 is 0 Å². The number of nitro benzene ring substituents is 1. The smallest absolute Gasteiger partial charge is 0.271 e. The zero-order chi connectivity index (χ0) is 21.3. The van der Waals surface area contributed by atoms with Crippen molar-refractivity contribution in [2.45, 2.75) is 6.92 Å². The van der Waals surface area contributed by atoms with E-state index in [1.54, 1.807) is 42.5 Å². The van der Waals surface area contributed by atoms with Crippen LogP contribution >= 0.6 is 34.3 Å². The van der Waals surface area contributed by atoms with Gasteiger partial charge in [0.2, 0.25) is 5.91 Å². The monoisotopic (exact) mass is 456 g/mol. The molecule has 4 aromatic rings. The van der Waals surface area contributed by atoms with Crippen molar-refractivity contribution in [3.05, 3.63) is 73.7 Å². The van der Waals surface area contributed by atoms with E-state index in [1.165, 1.54) is 46.6 Å². The van der Waals surface area contributed by atoms with Crippen LogP contribution in [0.2, 0.25) is 5.02 Å². The molecule has 2 aromatic heterocycles. The summed E-state index contributed by atoms with van der Waals surface area (Å²) in [6.45, 7) is 1.47. The molecule has 0 fully saturated rings. The summed E-state index contributed by atoms with van der Waals surface area (Å²) in [6.07, 6.45) is 3.59. The third-order valence-corrected chi connectivity index (χ3v) is 6.16. The molecule has 0 atom stereocenters. The second-order valence-electron chi connectivity index (χ2n) is 6.18. The SMILES string of the molecule is CC(=O)N(c1cccc(Cl)c1)c1nc(/C=C/c2nc3cc([N+](=O)[O-])ccc3s2)cs1. The number of amides is 1. The fourth-order valence-electron chi connectivity index (χ4n) is 2.77. The van der Waals surface area contributed by atoms with Gasteiger partial charge in [-0.05, 0) is 36.4 Å². The molecular formula is C20H13ClN4O3S2. The summed E-state index contributed by atoms with van der Waals surface area (Å²) in [7, 11) is 0. The number of fused-ring (bicyclic) bond motifs is 1. The van der Waals surface area contributed by atoms with Crippen LogP contribution in [-0.2, 0) is 4.79 Å². The van der Waals surface area contributed by atoms with Crippen LogP contribution in [0.1, 0.15) is 17.6 Å². The third-order valence-electron chi connectivity index (χ3n) is 4.08. The highest BCUT2D eigenvalue weighted by Gasteiger charge is 2.18. The Balaban J connectivity index is 1.59. The number of hydrogen-bond acceptors (Lipinski definition) is 7. The summed E-state index contributed by atoms with van der Waals surface area (Å²) in [5, 5.41) is 14.5. The first-order valence-corrected chi connectivity index (χ1v) is 10.7. The van der Waals surface area contributed by atoms with Crippen LogP contribution in [0.25, 0.3) is 22.4 Å². The van der Waals surface area contributed by atoms with E-state index >= 15 is 0 Å². The lowest BCUT2D eigenvalue weighted by Crippen LogP contribution is -2.22. The molecule has 1 amide bonds. The number of halogens is 1. The molecule has 0 saturated heterocycles. The summed E-state index contributed by atoms with van der Waals surface area (Å²) < 4.78 is 0.864. The van der Waals surface area contributed by atoms with Crippen molar-refractivity contribution >= 4 is 79.1 Å². The highest BCUT2D eigenvalue weighted by atomic mass is 35.5. The van der Waals surface area contributed by atoms with Crippen LogP contribution in [0.15, 0.2) is 47.8 Å². The topological polar surface area (TPSA) is 89.2 Å². The molecule has 0 aliphatic carbocycles. The van der Waals surface area contributed by atoms with Gasteiger partial charge in [-0.15, -0.1) is 22.7 Å². The fraction of sp³-hybridized carbons (Fsp3) is 0.0500. The van der Waals surface area contributed by atoms with Gasteiger partial charge in [-0.25, -0.2) is 9.97 Å². The van der Waals surface area contributed by atoms with Crippen LogP contribution in [0.4, 0.5) is 16.5 Å². The van der Waals surface area contributed by atoms with Crippen LogP contribution < -0.4 is 4.90 Å². The van der Waals surface area contributed by atoms with E-state index in [1.807, 2.05) is 5.38 Å². The summed E-state index contributed by atoms with van der Waals surface area (Å²) in [6, 6.07) is 11.6. The number of carbonyl (C=O) groups is 1. The minimum Gasteiger partial charge on any atom is -0.274 e. The Morgan fingerprint density at radius 2 is 2.03 bits per heavy atom. The van der Waals surface area contributed by atoms with E-state index < -0.39 is 4.92 Å². The highest BCUT2D eigenvalue weighted by molar-refractivity contribution is 7.19. The number of non-ortho nitro benzene ring substituents is 1. The average Bonchev–Trinajstić information content (AvgIpc) is 3.32. The first-order chi connectivity index (χ1) is 14.4. The van der Waals surface area contributed by atoms with Gasteiger partial charge in [0.15, 0.2) is 5.13 Å². The maximum atomic E-state index is 12.2. The second-order valence-corrected chi connectivity index (χ2v) is 8.52. The quantitative estimate of drug-likeness (QED) is 0.264. The number of hydrogen-bond donors (Lipinski definition) is 0. The molecule has 0 unspecified atom stereocenters. The van der Waals surface area contributed by atoms with E-state index in [2.05, 4.69) is 9.97 Å². The predicted octanol–water partition coefficient (Wildman–Crippen LogP) is 6.17. The average molecular weight is 457 g/mol. The van der Waals surface area contributed by atoms with Gasteiger partial charge in [0.1, 0.15) is 5.01 Å². The summed E-state index contributed by atoms with van der Waals surface area (Å²) in [5.41, 5.74) is 1.91. The maximum Gasteiger partial charge on any atom is 0.271 e. The van der Waals surface area contributed by atoms with Gasteiger partial charge in [-0.1, -0.05) is 17.7 Å². The molecule has 0 aliphatic rings. The molecule has 2 heterocycles.